The Morgan fingerprint density at radius 3 is 1.80 bits per heavy atom. The molecule has 1 aliphatic heterocycles. The minimum Gasteiger partial charge on any atom is -0.463 e. The average molecular weight is 569 g/mol. The monoisotopic (exact) mass is 568 g/mol. The van der Waals surface area contributed by atoms with Crippen molar-refractivity contribution in [3.05, 3.63) is 48.5 Å². The maximum absolute atomic E-state index is 12.0. The van der Waals surface area contributed by atoms with Crippen LogP contribution in [0.15, 0.2) is 48.5 Å². The quantitative estimate of drug-likeness (QED) is 0.293. The fraction of sp³-hybridized carbons (Fsp3) is 0.370. The van der Waals surface area contributed by atoms with Gasteiger partial charge in [-0.15, -0.1) is 5.10 Å². The van der Waals surface area contributed by atoms with Gasteiger partial charge >= 0.3 is 23.9 Å². The summed E-state index contributed by atoms with van der Waals surface area (Å²) < 4.78 is 33.3. The van der Waals surface area contributed by atoms with E-state index in [2.05, 4.69) is 20.6 Å². The van der Waals surface area contributed by atoms with Crippen LogP contribution < -0.4 is 4.74 Å². The summed E-state index contributed by atoms with van der Waals surface area (Å²) in [5.74, 6) is -1.90. The molecule has 0 amide bonds. The number of esters is 4. The second-order valence-corrected chi connectivity index (χ2v) is 9.04. The Morgan fingerprint density at radius 1 is 0.732 bits per heavy atom. The predicted octanol–water partition coefficient (Wildman–Crippen LogP) is 2.00. The number of nitrogens with zero attached hydrogens (tertiary/aromatic N) is 3. The molecule has 14 heteroatoms. The first-order valence-electron chi connectivity index (χ1n) is 12.5. The van der Waals surface area contributed by atoms with Crippen molar-refractivity contribution in [2.75, 3.05) is 6.61 Å². The van der Waals surface area contributed by atoms with E-state index in [-0.39, 0.29) is 6.61 Å². The fourth-order valence-electron chi connectivity index (χ4n) is 4.25. The molecule has 216 valence electrons. The first-order chi connectivity index (χ1) is 19.6. The lowest BCUT2D eigenvalue weighted by Gasteiger charge is -2.43. The number of carbonyl (C=O) groups is 4. The predicted molar refractivity (Wildman–Crippen MR) is 138 cm³/mol. The summed E-state index contributed by atoms with van der Waals surface area (Å²) in [6, 6.07) is 14.5. The molecular weight excluding hydrogens is 540 g/mol. The van der Waals surface area contributed by atoms with Crippen LogP contribution in [0.1, 0.15) is 27.7 Å². The number of hydrogen-bond acceptors (Lipinski definition) is 13. The lowest BCUT2D eigenvalue weighted by molar-refractivity contribution is -0.288. The lowest BCUT2D eigenvalue weighted by Crippen LogP contribution is -2.63. The Bertz CT molecular complexity index is 1360. The SMILES string of the molecule is CC(=O)OCC1O[C@H](Oc2ccc(-c3ccc(-c4nnn[nH]4)cc3)cc2)C(OC(C)=O)C(OC(C)=O)[C@@H]1OC(C)=O. The molecule has 0 radical (unpaired) electrons. The zero-order valence-electron chi connectivity index (χ0n) is 22.6. The van der Waals surface area contributed by atoms with Crippen molar-refractivity contribution < 1.29 is 47.6 Å². The van der Waals surface area contributed by atoms with Crippen molar-refractivity contribution in [3.63, 3.8) is 0 Å². The van der Waals surface area contributed by atoms with Crippen molar-refractivity contribution in [3.8, 4) is 28.3 Å². The van der Waals surface area contributed by atoms with Gasteiger partial charge in [-0.1, -0.05) is 36.4 Å². The maximum atomic E-state index is 12.0. The molecule has 0 spiro atoms. The summed E-state index contributed by atoms with van der Waals surface area (Å²) in [5.41, 5.74) is 2.61. The highest BCUT2D eigenvalue weighted by Gasteiger charge is 2.53. The molecule has 3 unspecified atom stereocenters. The van der Waals surface area contributed by atoms with Gasteiger partial charge in [-0.05, 0) is 33.7 Å². The van der Waals surface area contributed by atoms with Gasteiger partial charge in [0.25, 0.3) is 0 Å². The van der Waals surface area contributed by atoms with Gasteiger partial charge in [0.2, 0.25) is 12.4 Å². The highest BCUT2D eigenvalue weighted by molar-refractivity contribution is 5.69. The topological polar surface area (TPSA) is 178 Å². The van der Waals surface area contributed by atoms with E-state index in [1.807, 2.05) is 36.4 Å². The van der Waals surface area contributed by atoms with E-state index in [1.165, 1.54) is 6.92 Å². The first kappa shape index (κ1) is 29.1. The van der Waals surface area contributed by atoms with Gasteiger partial charge in [0.15, 0.2) is 18.0 Å². The number of aromatic nitrogens is 4. The molecule has 14 nitrogen and oxygen atoms in total. The molecule has 2 heterocycles. The Balaban J connectivity index is 1.58. The molecule has 1 aromatic heterocycles. The van der Waals surface area contributed by atoms with E-state index < -0.39 is 54.6 Å². The van der Waals surface area contributed by atoms with E-state index in [9.17, 15) is 19.2 Å². The largest absolute Gasteiger partial charge is 0.463 e. The van der Waals surface area contributed by atoms with Gasteiger partial charge in [0.05, 0.1) is 0 Å². The van der Waals surface area contributed by atoms with E-state index in [0.717, 1.165) is 37.5 Å². The van der Waals surface area contributed by atoms with Crippen LogP contribution in [0.4, 0.5) is 0 Å². The van der Waals surface area contributed by atoms with Crippen LogP contribution >= 0.6 is 0 Å². The Hall–Kier alpha value is -4.85. The molecule has 1 aliphatic rings. The summed E-state index contributed by atoms with van der Waals surface area (Å²) in [5, 5.41) is 13.7. The zero-order chi connectivity index (χ0) is 29.5. The van der Waals surface area contributed by atoms with Crippen LogP contribution in [-0.4, -0.2) is 81.8 Å². The van der Waals surface area contributed by atoms with Crippen molar-refractivity contribution >= 4 is 23.9 Å². The Labute approximate surface area is 234 Å². The number of benzene rings is 2. The first-order valence-corrected chi connectivity index (χ1v) is 12.5. The van der Waals surface area contributed by atoms with Crippen LogP contribution in [0.25, 0.3) is 22.5 Å². The van der Waals surface area contributed by atoms with Crippen LogP contribution in [0, 0.1) is 0 Å². The average Bonchev–Trinajstić information content (AvgIpc) is 3.46. The van der Waals surface area contributed by atoms with Crippen LogP contribution in [0.3, 0.4) is 0 Å². The third-order valence-electron chi connectivity index (χ3n) is 5.89. The summed E-state index contributed by atoms with van der Waals surface area (Å²) >= 11 is 0. The Morgan fingerprint density at radius 2 is 1.27 bits per heavy atom. The van der Waals surface area contributed by atoms with Crippen molar-refractivity contribution in [2.45, 2.75) is 58.4 Å². The van der Waals surface area contributed by atoms with Gasteiger partial charge in [0, 0.05) is 33.3 Å². The summed E-state index contributed by atoms with van der Waals surface area (Å²) in [7, 11) is 0. The molecule has 2 aromatic carbocycles. The highest BCUT2D eigenvalue weighted by Crippen LogP contribution is 2.32. The van der Waals surface area contributed by atoms with Gasteiger partial charge in [0.1, 0.15) is 18.5 Å². The van der Waals surface area contributed by atoms with E-state index in [0.29, 0.717) is 11.6 Å². The standard InChI is InChI=1S/C27H28N4O10/c1-14(32)36-13-22-23(37-15(2)33)24(38-16(3)34)25(39-17(4)35)27(41-22)40-21-11-9-19(10-12-21)18-5-7-20(8-6-18)26-28-30-31-29-26/h5-12,22-25,27H,13H2,1-4H3,(H,28,29,30,31)/t22?,23-,24?,25?,27+/m1/s1. The molecule has 1 saturated heterocycles. The number of ether oxygens (including phenoxy) is 6. The van der Waals surface area contributed by atoms with Crippen LogP contribution in [-0.2, 0) is 42.9 Å². The minimum absolute atomic E-state index is 0.332. The molecule has 5 atom stereocenters. The fourth-order valence-corrected chi connectivity index (χ4v) is 4.25. The maximum Gasteiger partial charge on any atom is 0.303 e. The molecule has 4 rings (SSSR count). The third kappa shape index (κ3) is 7.63. The van der Waals surface area contributed by atoms with Crippen molar-refractivity contribution in [1.29, 1.82) is 0 Å². The molecule has 0 saturated carbocycles. The highest BCUT2D eigenvalue weighted by atomic mass is 16.7. The molecule has 3 aromatic rings. The van der Waals surface area contributed by atoms with Gasteiger partial charge in [-0.3, -0.25) is 19.2 Å². The van der Waals surface area contributed by atoms with E-state index >= 15 is 0 Å². The number of aromatic amines is 1. The molecule has 41 heavy (non-hydrogen) atoms. The summed E-state index contributed by atoms with van der Waals surface area (Å²) in [6.07, 6.45) is -6.35. The number of tetrazole rings is 1. The third-order valence-corrected chi connectivity index (χ3v) is 5.89. The summed E-state index contributed by atoms with van der Waals surface area (Å²) in [4.78, 5) is 47.4. The van der Waals surface area contributed by atoms with Crippen LogP contribution in [0.2, 0.25) is 0 Å². The molecule has 1 N–H and O–H groups in total. The van der Waals surface area contributed by atoms with E-state index in [4.69, 9.17) is 28.4 Å². The van der Waals surface area contributed by atoms with Crippen molar-refractivity contribution in [2.24, 2.45) is 0 Å². The number of rotatable bonds is 9. The normalized spacial score (nSPS) is 21.8. The van der Waals surface area contributed by atoms with E-state index in [1.54, 1.807) is 12.1 Å². The second kappa shape index (κ2) is 13.0. The summed E-state index contributed by atoms with van der Waals surface area (Å²) in [6.45, 7) is 4.31. The molecule has 0 bridgehead atoms. The van der Waals surface area contributed by atoms with Crippen molar-refractivity contribution in [1.82, 2.24) is 20.6 Å². The molecular formula is C27H28N4O10. The van der Waals surface area contributed by atoms with Crippen LogP contribution in [0.5, 0.6) is 5.75 Å². The number of nitrogens with one attached hydrogen (secondary N) is 1. The van der Waals surface area contributed by atoms with Gasteiger partial charge in [-0.25, -0.2) is 5.10 Å². The molecule has 0 aliphatic carbocycles. The number of carbonyl (C=O) groups excluding carboxylic acids is 4. The zero-order valence-corrected chi connectivity index (χ0v) is 22.6. The Kier molecular flexibility index (Phi) is 9.24. The second-order valence-electron chi connectivity index (χ2n) is 9.04. The van der Waals surface area contributed by atoms with Gasteiger partial charge < -0.3 is 28.4 Å². The lowest BCUT2D eigenvalue weighted by atomic mass is 9.98. The number of H-pyrrole nitrogens is 1. The minimum atomic E-state index is -1.33. The smallest absolute Gasteiger partial charge is 0.303 e. The molecule has 1 fully saturated rings. The van der Waals surface area contributed by atoms with Gasteiger partial charge in [-0.2, -0.15) is 0 Å². The number of hydrogen-bond donors (Lipinski definition) is 1.